The Balaban J connectivity index is 4.23. The molecular formula is C61H118O6. The second-order valence-electron chi connectivity index (χ2n) is 21.5. The molecule has 0 heterocycles. The third-order valence-electron chi connectivity index (χ3n) is 14.0. The highest BCUT2D eigenvalue weighted by Crippen LogP contribution is 2.18. The van der Waals surface area contributed by atoms with E-state index < -0.39 is 6.10 Å². The first-order chi connectivity index (χ1) is 32.9. The molecule has 1 atom stereocenters. The smallest absolute Gasteiger partial charge is 0.306 e. The normalized spacial score (nSPS) is 12.0. The van der Waals surface area contributed by atoms with Gasteiger partial charge in [-0.3, -0.25) is 14.4 Å². The summed E-state index contributed by atoms with van der Waals surface area (Å²) in [5.41, 5.74) is 0. The number of rotatable bonds is 56. The van der Waals surface area contributed by atoms with Crippen molar-refractivity contribution < 1.29 is 28.6 Å². The van der Waals surface area contributed by atoms with Crippen LogP contribution in [0.2, 0.25) is 0 Å². The molecule has 0 radical (unpaired) electrons. The molecule has 0 aliphatic rings. The highest BCUT2D eigenvalue weighted by molar-refractivity contribution is 5.71. The van der Waals surface area contributed by atoms with E-state index in [9.17, 15) is 14.4 Å². The molecule has 0 bridgehead atoms. The maximum Gasteiger partial charge on any atom is 0.306 e. The summed E-state index contributed by atoms with van der Waals surface area (Å²) in [6, 6.07) is 0. The number of hydrogen-bond donors (Lipinski definition) is 0. The molecule has 0 aromatic heterocycles. The summed E-state index contributed by atoms with van der Waals surface area (Å²) in [5, 5.41) is 0. The highest BCUT2D eigenvalue weighted by atomic mass is 16.6. The third-order valence-corrected chi connectivity index (χ3v) is 14.0. The quantitative estimate of drug-likeness (QED) is 0.0343. The number of esters is 3. The van der Waals surface area contributed by atoms with E-state index in [2.05, 4.69) is 27.7 Å². The molecule has 0 amide bonds. The molecule has 0 saturated heterocycles. The van der Waals surface area contributed by atoms with Gasteiger partial charge in [0.2, 0.25) is 0 Å². The van der Waals surface area contributed by atoms with Crippen LogP contribution in [-0.2, 0) is 28.6 Å². The largest absolute Gasteiger partial charge is 0.462 e. The van der Waals surface area contributed by atoms with Gasteiger partial charge in [0.1, 0.15) is 13.2 Å². The lowest BCUT2D eigenvalue weighted by atomic mass is 10.0. The van der Waals surface area contributed by atoms with Crippen LogP contribution in [0.3, 0.4) is 0 Å². The fraction of sp³-hybridized carbons (Fsp3) is 0.951. The molecule has 0 aromatic rings. The highest BCUT2D eigenvalue weighted by Gasteiger charge is 2.19. The lowest BCUT2D eigenvalue weighted by Gasteiger charge is -2.18. The van der Waals surface area contributed by atoms with E-state index in [1.807, 2.05) is 0 Å². The van der Waals surface area contributed by atoms with Crippen LogP contribution in [0.15, 0.2) is 0 Å². The van der Waals surface area contributed by atoms with E-state index >= 15 is 0 Å². The minimum atomic E-state index is -0.762. The summed E-state index contributed by atoms with van der Waals surface area (Å²) in [6.07, 6.45) is 61.0. The lowest BCUT2D eigenvalue weighted by Crippen LogP contribution is -2.30. The van der Waals surface area contributed by atoms with Crippen LogP contribution < -0.4 is 0 Å². The van der Waals surface area contributed by atoms with Crippen molar-refractivity contribution in [3.05, 3.63) is 0 Å². The van der Waals surface area contributed by atoms with Crippen molar-refractivity contribution in [2.75, 3.05) is 13.2 Å². The van der Waals surface area contributed by atoms with Crippen molar-refractivity contribution in [1.29, 1.82) is 0 Å². The van der Waals surface area contributed by atoms with Crippen LogP contribution in [0.4, 0.5) is 0 Å². The lowest BCUT2D eigenvalue weighted by molar-refractivity contribution is -0.167. The van der Waals surface area contributed by atoms with Gasteiger partial charge in [-0.05, 0) is 25.2 Å². The fourth-order valence-electron chi connectivity index (χ4n) is 9.46. The second-order valence-corrected chi connectivity index (χ2v) is 21.5. The Morgan fingerprint density at radius 1 is 0.284 bits per heavy atom. The van der Waals surface area contributed by atoms with Crippen molar-refractivity contribution in [2.24, 2.45) is 5.92 Å². The minimum absolute atomic E-state index is 0.0615. The Kier molecular flexibility index (Phi) is 54.0. The Hall–Kier alpha value is -1.59. The fourth-order valence-corrected chi connectivity index (χ4v) is 9.46. The number of hydrogen-bond acceptors (Lipinski definition) is 6. The molecule has 0 unspecified atom stereocenters. The van der Waals surface area contributed by atoms with E-state index in [0.29, 0.717) is 19.3 Å². The second kappa shape index (κ2) is 55.3. The van der Waals surface area contributed by atoms with Gasteiger partial charge in [-0.25, -0.2) is 0 Å². The monoisotopic (exact) mass is 947 g/mol. The zero-order valence-electron chi connectivity index (χ0n) is 45.9. The maximum atomic E-state index is 12.9. The van der Waals surface area contributed by atoms with Gasteiger partial charge < -0.3 is 14.2 Å². The predicted molar refractivity (Wildman–Crippen MR) is 289 cm³/mol. The van der Waals surface area contributed by atoms with Gasteiger partial charge in [0.05, 0.1) is 0 Å². The van der Waals surface area contributed by atoms with E-state index in [1.165, 1.54) is 244 Å². The summed E-state index contributed by atoms with van der Waals surface area (Å²) < 4.78 is 16.9. The van der Waals surface area contributed by atoms with Gasteiger partial charge in [-0.15, -0.1) is 0 Å². The first-order valence-corrected chi connectivity index (χ1v) is 30.4. The number of carbonyl (C=O) groups is 3. The summed E-state index contributed by atoms with van der Waals surface area (Å²) in [4.78, 5) is 38.2. The Labute approximate surface area is 418 Å². The average molecular weight is 948 g/mol. The minimum Gasteiger partial charge on any atom is -0.462 e. The number of carbonyl (C=O) groups excluding carboxylic acids is 3. The van der Waals surface area contributed by atoms with Gasteiger partial charge in [0, 0.05) is 19.3 Å². The van der Waals surface area contributed by atoms with Gasteiger partial charge in [0.25, 0.3) is 0 Å². The van der Waals surface area contributed by atoms with Gasteiger partial charge in [-0.1, -0.05) is 310 Å². The van der Waals surface area contributed by atoms with Crippen molar-refractivity contribution in [1.82, 2.24) is 0 Å². The van der Waals surface area contributed by atoms with Crippen LogP contribution in [0, 0.1) is 5.92 Å². The molecule has 6 nitrogen and oxygen atoms in total. The van der Waals surface area contributed by atoms with E-state index in [1.54, 1.807) is 0 Å². The standard InChI is InChI=1S/C61H118O6/c1-5-7-9-11-13-15-17-18-19-20-21-22-26-29-33-37-41-45-49-53-60(63)66-56-58(55-65-59(62)52-48-44-40-36-31-16-14-12-10-8-6-2)67-61(64)54-50-46-42-38-34-30-27-24-23-25-28-32-35-39-43-47-51-57(3)4/h57-58H,5-56H2,1-4H3/t58-/m0/s1. The van der Waals surface area contributed by atoms with E-state index in [0.717, 1.165) is 63.7 Å². The molecule has 67 heavy (non-hydrogen) atoms. The first-order valence-electron chi connectivity index (χ1n) is 30.4. The average Bonchev–Trinajstić information content (AvgIpc) is 3.31. The Morgan fingerprint density at radius 3 is 0.731 bits per heavy atom. The van der Waals surface area contributed by atoms with Crippen LogP contribution >= 0.6 is 0 Å². The molecule has 398 valence electrons. The van der Waals surface area contributed by atoms with Gasteiger partial charge in [0.15, 0.2) is 6.10 Å². The third kappa shape index (κ3) is 55.2. The molecule has 0 saturated carbocycles. The van der Waals surface area contributed by atoms with Gasteiger partial charge >= 0.3 is 17.9 Å². The van der Waals surface area contributed by atoms with Gasteiger partial charge in [-0.2, -0.15) is 0 Å². The molecule has 0 aliphatic carbocycles. The van der Waals surface area contributed by atoms with Crippen LogP contribution in [-0.4, -0.2) is 37.2 Å². The van der Waals surface area contributed by atoms with Crippen molar-refractivity contribution in [3.8, 4) is 0 Å². The molecule has 0 aromatic carbocycles. The molecule has 0 aliphatic heterocycles. The zero-order chi connectivity index (χ0) is 48.8. The molecule has 6 heteroatoms. The molecular weight excluding hydrogens is 829 g/mol. The molecule has 0 rings (SSSR count). The van der Waals surface area contributed by atoms with Crippen LogP contribution in [0.5, 0.6) is 0 Å². The SMILES string of the molecule is CCCCCCCCCCCCCCCCCCCCCC(=O)OC[C@H](COC(=O)CCCCCCCCCCCCC)OC(=O)CCCCCCCCCCCCCCCCCCC(C)C. The number of ether oxygens (including phenoxy) is 3. The molecule has 0 fully saturated rings. The van der Waals surface area contributed by atoms with E-state index in [-0.39, 0.29) is 31.1 Å². The number of unbranched alkanes of at least 4 members (excludes halogenated alkanes) is 43. The maximum absolute atomic E-state index is 12.9. The summed E-state index contributed by atoms with van der Waals surface area (Å²) in [7, 11) is 0. The van der Waals surface area contributed by atoms with Crippen LogP contribution in [0.25, 0.3) is 0 Å². The first kappa shape index (κ1) is 65.4. The predicted octanol–water partition coefficient (Wildman–Crippen LogP) is 20.2. The van der Waals surface area contributed by atoms with E-state index in [4.69, 9.17) is 14.2 Å². The topological polar surface area (TPSA) is 78.9 Å². The summed E-state index contributed by atoms with van der Waals surface area (Å²) in [6.45, 7) is 9.08. The van der Waals surface area contributed by atoms with Crippen molar-refractivity contribution >= 4 is 17.9 Å². The molecule has 0 N–H and O–H groups in total. The Morgan fingerprint density at radius 2 is 0.493 bits per heavy atom. The van der Waals surface area contributed by atoms with Crippen LogP contribution in [0.1, 0.15) is 349 Å². The van der Waals surface area contributed by atoms with Crippen molar-refractivity contribution in [2.45, 2.75) is 355 Å². The molecule has 0 spiro atoms. The summed E-state index contributed by atoms with van der Waals surface area (Å²) in [5.74, 6) is 0.0189. The van der Waals surface area contributed by atoms with Crippen molar-refractivity contribution in [3.63, 3.8) is 0 Å². The zero-order valence-corrected chi connectivity index (χ0v) is 45.9. The Bertz CT molecular complexity index is 1010. The summed E-state index contributed by atoms with van der Waals surface area (Å²) >= 11 is 0.